The van der Waals surface area contributed by atoms with Gasteiger partial charge in [0.15, 0.2) is 11.5 Å². The highest BCUT2D eigenvalue weighted by Crippen LogP contribution is 2.27. The molecule has 1 saturated heterocycles. The summed E-state index contributed by atoms with van der Waals surface area (Å²) in [6, 6.07) is 9.43. The van der Waals surface area contributed by atoms with Crippen LogP contribution in [0, 0.1) is 0 Å². The highest BCUT2D eigenvalue weighted by molar-refractivity contribution is 5.93. The van der Waals surface area contributed by atoms with E-state index in [4.69, 9.17) is 9.47 Å². The van der Waals surface area contributed by atoms with Gasteiger partial charge in [-0.25, -0.2) is 0 Å². The molecule has 3 rings (SSSR count). The lowest BCUT2D eigenvalue weighted by atomic mass is 10.1. The van der Waals surface area contributed by atoms with Crippen molar-refractivity contribution in [3.63, 3.8) is 0 Å². The van der Waals surface area contributed by atoms with Crippen molar-refractivity contribution in [3.8, 4) is 11.5 Å². The summed E-state index contributed by atoms with van der Waals surface area (Å²) in [5, 5.41) is 2.92. The number of carbonyl (C=O) groups excluding carboxylic acids is 1. The Morgan fingerprint density at radius 1 is 1.08 bits per heavy atom. The van der Waals surface area contributed by atoms with Crippen molar-refractivity contribution >= 4 is 11.6 Å². The van der Waals surface area contributed by atoms with Gasteiger partial charge in [-0.15, -0.1) is 0 Å². The van der Waals surface area contributed by atoms with Gasteiger partial charge in [0.2, 0.25) is 0 Å². The molecule has 0 saturated carbocycles. The molecule has 1 N–H and O–H groups in total. The minimum absolute atomic E-state index is 0.182. The Balaban J connectivity index is 1.65. The third kappa shape index (κ3) is 4.25. The molecule has 1 aliphatic rings. The first kappa shape index (κ1) is 18.0. The summed E-state index contributed by atoms with van der Waals surface area (Å²) in [5.74, 6) is 1.13. The lowest BCUT2D eigenvalue weighted by Crippen LogP contribution is -2.30. The smallest absolute Gasteiger partial charge is 0.270 e. The van der Waals surface area contributed by atoms with Crippen molar-refractivity contribution in [1.29, 1.82) is 0 Å². The lowest BCUT2D eigenvalue weighted by molar-refractivity contribution is 0.0946. The van der Waals surface area contributed by atoms with Crippen LogP contribution < -0.4 is 19.7 Å². The topological polar surface area (TPSA) is 63.7 Å². The summed E-state index contributed by atoms with van der Waals surface area (Å²) in [5.41, 5.74) is 2.44. The number of rotatable bonds is 6. The number of nitrogens with one attached hydrogen (secondary N) is 1. The number of anilines is 1. The molecule has 0 aliphatic carbocycles. The Morgan fingerprint density at radius 3 is 2.58 bits per heavy atom. The third-order valence-electron chi connectivity index (χ3n) is 4.60. The fourth-order valence-electron chi connectivity index (χ4n) is 3.16. The average Bonchev–Trinajstić information content (AvgIpc) is 2.72. The Bertz CT molecular complexity index is 758. The van der Waals surface area contributed by atoms with E-state index < -0.39 is 0 Å². The molecule has 0 spiro atoms. The molecule has 6 nitrogen and oxygen atoms in total. The van der Waals surface area contributed by atoms with Gasteiger partial charge >= 0.3 is 0 Å². The fourth-order valence-corrected chi connectivity index (χ4v) is 3.16. The van der Waals surface area contributed by atoms with Crippen molar-refractivity contribution in [2.75, 3.05) is 32.2 Å². The molecule has 2 heterocycles. The standard InChI is InChI=1S/C20H25N3O3/c1-25-18-7-6-15(12-19(18)26-2)14-22-20(24)17-13-16(8-9-21-17)23-10-4-3-5-11-23/h6-9,12-13H,3-5,10-11,14H2,1-2H3,(H,22,24). The number of aromatic nitrogens is 1. The van der Waals surface area contributed by atoms with E-state index in [1.807, 2.05) is 30.3 Å². The van der Waals surface area contributed by atoms with Crippen LogP contribution in [0.5, 0.6) is 11.5 Å². The van der Waals surface area contributed by atoms with E-state index in [0.29, 0.717) is 23.7 Å². The second-order valence-corrected chi connectivity index (χ2v) is 6.32. The summed E-state index contributed by atoms with van der Waals surface area (Å²) < 4.78 is 10.5. The van der Waals surface area contributed by atoms with E-state index in [0.717, 1.165) is 24.3 Å². The SMILES string of the molecule is COc1ccc(CNC(=O)c2cc(N3CCCCC3)ccn2)cc1OC. The van der Waals surface area contributed by atoms with Gasteiger partial charge < -0.3 is 19.7 Å². The molecular formula is C20H25N3O3. The number of piperidine rings is 1. The van der Waals surface area contributed by atoms with Crippen LogP contribution in [0.15, 0.2) is 36.5 Å². The summed E-state index contributed by atoms with van der Waals surface area (Å²) >= 11 is 0. The highest BCUT2D eigenvalue weighted by atomic mass is 16.5. The van der Waals surface area contributed by atoms with Crippen molar-refractivity contribution < 1.29 is 14.3 Å². The van der Waals surface area contributed by atoms with Gasteiger partial charge in [0, 0.05) is 31.5 Å². The zero-order chi connectivity index (χ0) is 18.4. The predicted octanol–water partition coefficient (Wildman–Crippen LogP) is 3.02. The van der Waals surface area contributed by atoms with Gasteiger partial charge in [0.1, 0.15) is 5.69 Å². The summed E-state index contributed by atoms with van der Waals surface area (Å²) in [6.45, 7) is 2.47. The van der Waals surface area contributed by atoms with E-state index >= 15 is 0 Å². The largest absolute Gasteiger partial charge is 0.493 e. The zero-order valence-corrected chi connectivity index (χ0v) is 15.3. The molecule has 0 unspecified atom stereocenters. The molecule has 0 radical (unpaired) electrons. The van der Waals surface area contributed by atoms with Crippen molar-refractivity contribution in [2.45, 2.75) is 25.8 Å². The Labute approximate surface area is 154 Å². The molecule has 0 atom stereocenters. The maximum Gasteiger partial charge on any atom is 0.270 e. The Morgan fingerprint density at radius 2 is 1.85 bits per heavy atom. The highest BCUT2D eigenvalue weighted by Gasteiger charge is 2.14. The summed E-state index contributed by atoms with van der Waals surface area (Å²) in [4.78, 5) is 19.0. The monoisotopic (exact) mass is 355 g/mol. The van der Waals surface area contributed by atoms with Crippen LogP contribution in [0.25, 0.3) is 0 Å². The molecule has 138 valence electrons. The Hall–Kier alpha value is -2.76. The van der Waals surface area contributed by atoms with Crippen LogP contribution in [-0.2, 0) is 6.54 Å². The van der Waals surface area contributed by atoms with Crippen molar-refractivity contribution in [3.05, 3.63) is 47.8 Å². The van der Waals surface area contributed by atoms with Crippen LogP contribution >= 0.6 is 0 Å². The van der Waals surface area contributed by atoms with Crippen molar-refractivity contribution in [2.24, 2.45) is 0 Å². The van der Waals surface area contributed by atoms with Gasteiger partial charge in [0.05, 0.1) is 14.2 Å². The number of hydrogen-bond acceptors (Lipinski definition) is 5. The number of benzene rings is 1. The molecule has 1 amide bonds. The van der Waals surface area contributed by atoms with Crippen LogP contribution in [0.3, 0.4) is 0 Å². The number of carbonyl (C=O) groups is 1. The molecule has 1 aliphatic heterocycles. The minimum Gasteiger partial charge on any atom is -0.493 e. The van der Waals surface area contributed by atoms with Gasteiger partial charge in [-0.3, -0.25) is 9.78 Å². The molecule has 1 aromatic heterocycles. The first-order chi connectivity index (χ1) is 12.7. The third-order valence-corrected chi connectivity index (χ3v) is 4.60. The van der Waals surface area contributed by atoms with Crippen LogP contribution in [-0.4, -0.2) is 38.2 Å². The molecule has 0 bridgehead atoms. The second-order valence-electron chi connectivity index (χ2n) is 6.32. The molecule has 2 aromatic rings. The van der Waals surface area contributed by atoms with E-state index in [9.17, 15) is 4.79 Å². The van der Waals surface area contributed by atoms with E-state index in [1.165, 1.54) is 19.3 Å². The number of amides is 1. The number of methoxy groups -OCH3 is 2. The average molecular weight is 355 g/mol. The van der Waals surface area contributed by atoms with E-state index in [-0.39, 0.29) is 5.91 Å². The molecule has 1 fully saturated rings. The number of pyridine rings is 1. The predicted molar refractivity (Wildman–Crippen MR) is 101 cm³/mol. The quantitative estimate of drug-likeness (QED) is 0.863. The van der Waals surface area contributed by atoms with Gasteiger partial charge in [-0.1, -0.05) is 6.07 Å². The lowest BCUT2D eigenvalue weighted by Gasteiger charge is -2.28. The second kappa shape index (κ2) is 8.56. The zero-order valence-electron chi connectivity index (χ0n) is 15.3. The van der Waals surface area contributed by atoms with E-state index in [2.05, 4.69) is 15.2 Å². The molecule has 26 heavy (non-hydrogen) atoms. The van der Waals surface area contributed by atoms with Crippen LogP contribution in [0.2, 0.25) is 0 Å². The fraction of sp³-hybridized carbons (Fsp3) is 0.400. The maximum absolute atomic E-state index is 12.5. The normalized spacial score (nSPS) is 14.0. The number of ether oxygens (including phenoxy) is 2. The first-order valence-electron chi connectivity index (χ1n) is 8.91. The van der Waals surface area contributed by atoms with Gasteiger partial charge in [0.25, 0.3) is 5.91 Å². The van der Waals surface area contributed by atoms with Gasteiger partial charge in [-0.2, -0.15) is 0 Å². The molecule has 1 aromatic carbocycles. The summed E-state index contributed by atoms with van der Waals surface area (Å²) in [7, 11) is 3.19. The van der Waals surface area contributed by atoms with Crippen LogP contribution in [0.4, 0.5) is 5.69 Å². The molecule has 6 heteroatoms. The van der Waals surface area contributed by atoms with E-state index in [1.54, 1.807) is 20.4 Å². The summed E-state index contributed by atoms with van der Waals surface area (Å²) in [6.07, 6.45) is 5.38. The molecular weight excluding hydrogens is 330 g/mol. The minimum atomic E-state index is -0.182. The Kier molecular flexibility index (Phi) is 5.94. The maximum atomic E-state index is 12.5. The van der Waals surface area contributed by atoms with Gasteiger partial charge in [-0.05, 0) is 49.1 Å². The number of nitrogens with zero attached hydrogens (tertiary/aromatic N) is 2. The van der Waals surface area contributed by atoms with Crippen LogP contribution in [0.1, 0.15) is 35.3 Å². The van der Waals surface area contributed by atoms with Crippen molar-refractivity contribution in [1.82, 2.24) is 10.3 Å². The number of hydrogen-bond donors (Lipinski definition) is 1. The first-order valence-corrected chi connectivity index (χ1v) is 8.91.